The number of ether oxygens (including phenoxy) is 2. The standard InChI is InChI=1S/C28H31NO3/c1-16-12-14-19(15-13-16)22-17(2)23-20-10-8-9-11-21(20)29-25(23)18(3)24(22)26(27(30)31-7)32-28(4,5)6/h8-15,26,29H,1-7H3/t26-/m0/s1. The molecule has 0 unspecified atom stereocenters. The van der Waals surface area contributed by atoms with Crippen molar-refractivity contribution in [1.82, 2.24) is 4.98 Å². The van der Waals surface area contributed by atoms with Gasteiger partial charge in [-0.2, -0.15) is 0 Å². The number of rotatable bonds is 4. The molecule has 1 aromatic heterocycles. The molecule has 0 aliphatic carbocycles. The van der Waals surface area contributed by atoms with E-state index in [4.69, 9.17) is 9.47 Å². The van der Waals surface area contributed by atoms with Crippen molar-refractivity contribution in [1.29, 1.82) is 0 Å². The Morgan fingerprint density at radius 2 is 1.59 bits per heavy atom. The van der Waals surface area contributed by atoms with Crippen LogP contribution in [0.15, 0.2) is 48.5 Å². The van der Waals surface area contributed by atoms with Gasteiger partial charge in [0.2, 0.25) is 0 Å². The Labute approximate surface area is 189 Å². The molecule has 1 heterocycles. The van der Waals surface area contributed by atoms with Crippen molar-refractivity contribution >= 4 is 27.8 Å². The average molecular weight is 430 g/mol. The lowest BCUT2D eigenvalue weighted by Crippen LogP contribution is -2.29. The molecule has 0 fully saturated rings. The van der Waals surface area contributed by atoms with E-state index in [1.165, 1.54) is 23.4 Å². The third kappa shape index (κ3) is 3.80. The maximum absolute atomic E-state index is 13.0. The van der Waals surface area contributed by atoms with E-state index in [1.807, 2.05) is 26.8 Å². The molecule has 1 atom stereocenters. The zero-order valence-electron chi connectivity index (χ0n) is 19.9. The molecule has 166 valence electrons. The van der Waals surface area contributed by atoms with Gasteiger partial charge in [0.1, 0.15) is 0 Å². The number of para-hydroxylation sites is 1. The molecule has 1 N–H and O–H groups in total. The zero-order chi connectivity index (χ0) is 23.2. The Balaban J connectivity index is 2.15. The van der Waals surface area contributed by atoms with Crippen LogP contribution in [0.25, 0.3) is 32.9 Å². The van der Waals surface area contributed by atoms with Gasteiger partial charge in [-0.05, 0) is 69.9 Å². The maximum atomic E-state index is 13.0. The van der Waals surface area contributed by atoms with E-state index in [1.54, 1.807) is 0 Å². The maximum Gasteiger partial charge on any atom is 0.339 e. The van der Waals surface area contributed by atoms with Gasteiger partial charge in [0, 0.05) is 21.9 Å². The normalized spacial score (nSPS) is 13.0. The topological polar surface area (TPSA) is 51.3 Å². The fourth-order valence-electron chi connectivity index (χ4n) is 4.57. The first-order valence-corrected chi connectivity index (χ1v) is 11.0. The Hall–Kier alpha value is -3.11. The highest BCUT2D eigenvalue weighted by Crippen LogP contribution is 2.44. The Morgan fingerprint density at radius 1 is 0.938 bits per heavy atom. The molecule has 3 aromatic carbocycles. The van der Waals surface area contributed by atoms with Crippen molar-refractivity contribution in [3.63, 3.8) is 0 Å². The van der Waals surface area contributed by atoms with E-state index >= 15 is 0 Å². The van der Waals surface area contributed by atoms with Gasteiger partial charge in [0.05, 0.1) is 18.2 Å². The number of carbonyl (C=O) groups is 1. The van der Waals surface area contributed by atoms with Crippen LogP contribution in [-0.2, 0) is 14.3 Å². The van der Waals surface area contributed by atoms with E-state index < -0.39 is 17.7 Å². The van der Waals surface area contributed by atoms with E-state index in [-0.39, 0.29) is 0 Å². The molecule has 0 aliphatic heterocycles. The first-order chi connectivity index (χ1) is 15.1. The summed E-state index contributed by atoms with van der Waals surface area (Å²) in [6.45, 7) is 12.1. The fraction of sp³-hybridized carbons (Fsp3) is 0.321. The summed E-state index contributed by atoms with van der Waals surface area (Å²) in [5, 5.41) is 2.35. The van der Waals surface area contributed by atoms with Gasteiger partial charge in [-0.15, -0.1) is 0 Å². The van der Waals surface area contributed by atoms with Gasteiger partial charge >= 0.3 is 5.97 Å². The Kier molecular flexibility index (Phi) is 5.59. The molecular formula is C28H31NO3. The number of hydrogen-bond acceptors (Lipinski definition) is 3. The number of methoxy groups -OCH3 is 1. The summed E-state index contributed by atoms with van der Waals surface area (Å²) in [5.41, 5.74) is 7.82. The summed E-state index contributed by atoms with van der Waals surface area (Å²) < 4.78 is 11.5. The second-order valence-corrected chi connectivity index (χ2v) is 9.46. The van der Waals surface area contributed by atoms with Crippen molar-refractivity contribution in [2.75, 3.05) is 7.11 Å². The van der Waals surface area contributed by atoms with Gasteiger partial charge in [0.25, 0.3) is 0 Å². The highest BCUT2D eigenvalue weighted by Gasteiger charge is 2.34. The molecule has 4 heteroatoms. The Bertz CT molecular complexity index is 1310. The lowest BCUT2D eigenvalue weighted by atomic mass is 9.85. The zero-order valence-corrected chi connectivity index (χ0v) is 19.9. The predicted octanol–water partition coefficient (Wildman–Crippen LogP) is 6.94. The molecule has 32 heavy (non-hydrogen) atoms. The van der Waals surface area contributed by atoms with Crippen LogP contribution in [0.1, 0.15) is 49.1 Å². The molecule has 0 radical (unpaired) electrons. The van der Waals surface area contributed by atoms with Gasteiger partial charge in [-0.25, -0.2) is 4.79 Å². The third-order valence-electron chi connectivity index (χ3n) is 5.99. The number of hydrogen-bond donors (Lipinski definition) is 1. The minimum absolute atomic E-state index is 0.397. The van der Waals surface area contributed by atoms with Crippen LogP contribution in [0.5, 0.6) is 0 Å². The monoisotopic (exact) mass is 429 g/mol. The lowest BCUT2D eigenvalue weighted by molar-refractivity contribution is -0.164. The molecule has 0 saturated carbocycles. The highest BCUT2D eigenvalue weighted by molar-refractivity contribution is 6.12. The molecular weight excluding hydrogens is 398 g/mol. The molecule has 4 aromatic rings. The first kappa shape index (κ1) is 22.1. The van der Waals surface area contributed by atoms with Crippen LogP contribution in [0.3, 0.4) is 0 Å². The minimum Gasteiger partial charge on any atom is -0.467 e. The first-order valence-electron chi connectivity index (χ1n) is 11.0. The van der Waals surface area contributed by atoms with Crippen molar-refractivity contribution in [3.05, 3.63) is 70.8 Å². The van der Waals surface area contributed by atoms with Gasteiger partial charge in [-0.1, -0.05) is 48.0 Å². The Morgan fingerprint density at radius 3 is 2.22 bits per heavy atom. The van der Waals surface area contributed by atoms with Crippen LogP contribution in [0.2, 0.25) is 0 Å². The van der Waals surface area contributed by atoms with Crippen LogP contribution < -0.4 is 0 Å². The summed E-state index contributed by atoms with van der Waals surface area (Å²) in [6, 6.07) is 16.8. The number of carbonyl (C=O) groups excluding carboxylic acids is 1. The van der Waals surface area contributed by atoms with Crippen molar-refractivity contribution in [3.8, 4) is 11.1 Å². The van der Waals surface area contributed by atoms with Gasteiger partial charge in [0.15, 0.2) is 6.10 Å². The summed E-state index contributed by atoms with van der Waals surface area (Å²) in [4.78, 5) is 16.6. The predicted molar refractivity (Wildman–Crippen MR) is 131 cm³/mol. The second kappa shape index (κ2) is 8.10. The number of nitrogens with one attached hydrogen (secondary N) is 1. The van der Waals surface area contributed by atoms with E-state index in [2.05, 4.69) is 68.2 Å². The van der Waals surface area contributed by atoms with Gasteiger partial charge < -0.3 is 14.5 Å². The molecule has 0 spiro atoms. The average Bonchev–Trinajstić information content (AvgIpc) is 3.14. The number of benzene rings is 3. The van der Waals surface area contributed by atoms with Crippen LogP contribution in [-0.4, -0.2) is 23.7 Å². The third-order valence-corrected chi connectivity index (χ3v) is 5.99. The van der Waals surface area contributed by atoms with Crippen molar-refractivity contribution in [2.24, 2.45) is 0 Å². The fourth-order valence-corrected chi connectivity index (χ4v) is 4.57. The quantitative estimate of drug-likeness (QED) is 0.357. The van der Waals surface area contributed by atoms with E-state index in [0.717, 1.165) is 38.9 Å². The largest absolute Gasteiger partial charge is 0.467 e. The summed E-state index contributed by atoms with van der Waals surface area (Å²) in [6.07, 6.45) is -0.842. The molecule has 0 bridgehead atoms. The molecule has 4 rings (SSSR count). The SMILES string of the molecule is COC(=O)[C@@H](OC(C)(C)C)c1c(-c2ccc(C)cc2)c(C)c2c([nH]c3ccccc32)c1C. The van der Waals surface area contributed by atoms with Crippen molar-refractivity contribution in [2.45, 2.75) is 53.2 Å². The molecule has 0 aliphatic rings. The number of aryl methyl sites for hydroxylation is 3. The number of aromatic nitrogens is 1. The smallest absolute Gasteiger partial charge is 0.339 e. The minimum atomic E-state index is -0.842. The van der Waals surface area contributed by atoms with Crippen LogP contribution in [0, 0.1) is 20.8 Å². The summed E-state index contributed by atoms with van der Waals surface area (Å²) in [7, 11) is 1.41. The number of fused-ring (bicyclic) bond motifs is 3. The van der Waals surface area contributed by atoms with Crippen LogP contribution in [0.4, 0.5) is 0 Å². The van der Waals surface area contributed by atoms with Crippen molar-refractivity contribution < 1.29 is 14.3 Å². The number of aromatic amines is 1. The molecule has 0 saturated heterocycles. The highest BCUT2D eigenvalue weighted by atomic mass is 16.6. The molecule has 0 amide bonds. The lowest BCUT2D eigenvalue weighted by Gasteiger charge is -2.29. The van der Waals surface area contributed by atoms with E-state index in [9.17, 15) is 4.79 Å². The number of esters is 1. The second-order valence-electron chi connectivity index (χ2n) is 9.46. The summed E-state index contributed by atoms with van der Waals surface area (Å²) in [5.74, 6) is -0.397. The van der Waals surface area contributed by atoms with E-state index in [0.29, 0.717) is 0 Å². The van der Waals surface area contributed by atoms with Crippen LogP contribution >= 0.6 is 0 Å². The summed E-state index contributed by atoms with van der Waals surface area (Å²) >= 11 is 0. The molecule has 4 nitrogen and oxygen atoms in total. The number of H-pyrrole nitrogens is 1. The van der Waals surface area contributed by atoms with Gasteiger partial charge in [-0.3, -0.25) is 0 Å².